The molecule has 0 spiro atoms. The van der Waals surface area contributed by atoms with Crippen molar-refractivity contribution in [3.63, 3.8) is 0 Å². The van der Waals surface area contributed by atoms with Crippen LogP contribution < -0.4 is 0 Å². The highest BCUT2D eigenvalue weighted by Crippen LogP contribution is 2.35. The summed E-state index contributed by atoms with van der Waals surface area (Å²) in [4.78, 5) is 17.5. The Balaban J connectivity index is 1.68. The Morgan fingerprint density at radius 1 is 1.21 bits per heavy atom. The van der Waals surface area contributed by atoms with Crippen molar-refractivity contribution in [3.8, 4) is 0 Å². The molecule has 2 aromatic carbocycles. The maximum Gasteiger partial charge on any atom is 0.216 e. The summed E-state index contributed by atoms with van der Waals surface area (Å²) in [6.07, 6.45) is 4.27. The fourth-order valence-electron chi connectivity index (χ4n) is 4.64. The summed E-state index contributed by atoms with van der Waals surface area (Å²) in [6, 6.07) is 12.6. The molecule has 2 heterocycles. The molecule has 2 atom stereocenters. The van der Waals surface area contributed by atoms with E-state index < -0.39 is 0 Å². The molecule has 29 heavy (non-hydrogen) atoms. The quantitative estimate of drug-likeness (QED) is 0.570. The Hall–Kier alpha value is -2.08. The van der Waals surface area contributed by atoms with E-state index >= 15 is 0 Å². The second-order valence-electron chi connectivity index (χ2n) is 8.05. The molecular formula is C24H28N2O2S. The van der Waals surface area contributed by atoms with Crippen LogP contribution in [-0.4, -0.2) is 34.8 Å². The molecule has 0 saturated carbocycles. The number of benzene rings is 2. The number of H-pyrrole nitrogens is 1. The summed E-state index contributed by atoms with van der Waals surface area (Å²) in [5.74, 6) is 0. The highest BCUT2D eigenvalue weighted by Gasteiger charge is 2.30. The van der Waals surface area contributed by atoms with Crippen molar-refractivity contribution in [1.82, 2.24) is 9.88 Å². The minimum absolute atomic E-state index is 0.197. The van der Waals surface area contributed by atoms with Crippen molar-refractivity contribution in [2.45, 2.75) is 45.4 Å². The van der Waals surface area contributed by atoms with Crippen molar-refractivity contribution in [2.24, 2.45) is 0 Å². The zero-order chi connectivity index (χ0) is 20.5. The van der Waals surface area contributed by atoms with Gasteiger partial charge in [-0.25, -0.2) is 0 Å². The van der Waals surface area contributed by atoms with E-state index in [-0.39, 0.29) is 17.3 Å². The number of aryl methyl sites for hydroxylation is 2. The van der Waals surface area contributed by atoms with Gasteiger partial charge in [-0.2, -0.15) is 0 Å². The lowest BCUT2D eigenvalue weighted by Crippen LogP contribution is -2.39. The predicted molar refractivity (Wildman–Crippen MR) is 121 cm³/mol. The number of ether oxygens (including phenoxy) is 1. The van der Waals surface area contributed by atoms with Crippen LogP contribution in [-0.2, 0) is 11.3 Å². The molecule has 152 valence electrons. The first kappa shape index (κ1) is 20.2. The van der Waals surface area contributed by atoms with Crippen LogP contribution in [0.1, 0.15) is 51.5 Å². The number of carbonyl (C=O) groups is 1. The number of nitrogens with one attached hydrogen (secondary N) is 1. The first-order valence-corrected chi connectivity index (χ1v) is 10.6. The molecule has 4 rings (SSSR count). The number of nitrogens with zero attached hydrogens (tertiary/aromatic N) is 1. The van der Waals surface area contributed by atoms with E-state index in [2.05, 4.69) is 60.6 Å². The molecule has 0 aliphatic carbocycles. The number of thiol groups is 1. The Morgan fingerprint density at radius 3 is 2.66 bits per heavy atom. The van der Waals surface area contributed by atoms with Crippen molar-refractivity contribution in [3.05, 3.63) is 70.4 Å². The zero-order valence-electron chi connectivity index (χ0n) is 17.2. The van der Waals surface area contributed by atoms with E-state index in [4.69, 9.17) is 4.74 Å². The van der Waals surface area contributed by atoms with E-state index in [9.17, 15) is 4.79 Å². The largest absolute Gasteiger partial charge is 0.381 e. The van der Waals surface area contributed by atoms with Gasteiger partial charge in [0.2, 0.25) is 5.12 Å². The molecule has 1 N–H and O–H groups in total. The van der Waals surface area contributed by atoms with Gasteiger partial charge >= 0.3 is 0 Å². The lowest BCUT2D eigenvalue weighted by atomic mass is 9.91. The van der Waals surface area contributed by atoms with Crippen LogP contribution in [0.5, 0.6) is 0 Å². The standard InChI is InChI=1S/C24H28N2O2S/c1-15-12-16(2)23-20(8-10-25-23)21(15)14-26-11-9-19(28-3)13-22(26)17-4-6-18(7-5-17)24(27)29/h4-8,10,12,19,22,25H,9,11,13-14H2,1-3H3,(H,27,29). The highest BCUT2D eigenvalue weighted by atomic mass is 32.1. The smallest absolute Gasteiger partial charge is 0.216 e. The molecular weight excluding hydrogens is 380 g/mol. The van der Waals surface area contributed by atoms with Gasteiger partial charge in [-0.15, -0.1) is 12.6 Å². The average molecular weight is 409 g/mol. The number of hydrogen-bond donors (Lipinski definition) is 2. The number of aromatic nitrogens is 1. The second kappa shape index (κ2) is 8.34. The molecule has 1 aliphatic heterocycles. The van der Waals surface area contributed by atoms with Gasteiger partial charge in [-0.05, 0) is 55.0 Å². The number of likely N-dealkylation sites (tertiary alicyclic amines) is 1. The molecule has 0 radical (unpaired) electrons. The third-order valence-corrected chi connectivity index (χ3v) is 6.54. The van der Waals surface area contributed by atoms with Crippen LogP contribution in [0, 0.1) is 13.8 Å². The molecule has 3 aromatic rings. The van der Waals surface area contributed by atoms with Gasteiger partial charge in [0.25, 0.3) is 0 Å². The monoisotopic (exact) mass is 408 g/mol. The highest BCUT2D eigenvalue weighted by molar-refractivity contribution is 7.97. The van der Waals surface area contributed by atoms with Crippen LogP contribution in [0.3, 0.4) is 0 Å². The van der Waals surface area contributed by atoms with Gasteiger partial charge < -0.3 is 9.72 Å². The Morgan fingerprint density at radius 2 is 1.97 bits per heavy atom. The zero-order valence-corrected chi connectivity index (χ0v) is 18.1. The van der Waals surface area contributed by atoms with Crippen LogP contribution in [0.4, 0.5) is 0 Å². The molecule has 0 bridgehead atoms. The van der Waals surface area contributed by atoms with Gasteiger partial charge in [0, 0.05) is 48.9 Å². The summed E-state index contributed by atoms with van der Waals surface area (Å²) in [6.45, 7) is 6.25. The Bertz CT molecular complexity index is 1030. The fourth-order valence-corrected chi connectivity index (χ4v) is 4.79. The third-order valence-electron chi connectivity index (χ3n) is 6.28. The summed E-state index contributed by atoms with van der Waals surface area (Å²) >= 11 is 3.94. The maximum atomic E-state index is 11.5. The molecule has 1 aliphatic rings. The van der Waals surface area contributed by atoms with E-state index in [0.717, 1.165) is 25.9 Å². The molecule has 0 amide bonds. The number of fused-ring (bicyclic) bond motifs is 1. The van der Waals surface area contributed by atoms with E-state index in [1.54, 1.807) is 7.11 Å². The number of carbonyl (C=O) groups excluding carboxylic acids is 1. The molecule has 1 saturated heterocycles. The van der Waals surface area contributed by atoms with Gasteiger partial charge in [-0.1, -0.05) is 30.3 Å². The number of hydrogen-bond acceptors (Lipinski definition) is 3. The van der Waals surface area contributed by atoms with Gasteiger partial charge in [0.1, 0.15) is 0 Å². The SMILES string of the molecule is COC1CCN(Cc2c(C)cc(C)c3[nH]ccc23)C(c2ccc(C(=O)S)cc2)C1. The van der Waals surface area contributed by atoms with Crippen LogP contribution in [0.15, 0.2) is 42.6 Å². The first-order chi connectivity index (χ1) is 14.0. The molecule has 1 fully saturated rings. The Kier molecular flexibility index (Phi) is 5.81. The van der Waals surface area contributed by atoms with Gasteiger partial charge in [0.05, 0.1) is 6.10 Å². The predicted octanol–water partition coefficient (Wildman–Crippen LogP) is 5.21. The van der Waals surface area contributed by atoms with E-state index in [1.807, 2.05) is 18.3 Å². The second-order valence-corrected chi connectivity index (χ2v) is 8.46. The third kappa shape index (κ3) is 4.00. The van der Waals surface area contributed by atoms with Gasteiger partial charge in [-0.3, -0.25) is 9.69 Å². The normalized spacial score (nSPS) is 20.3. The maximum absolute atomic E-state index is 11.5. The number of rotatable bonds is 5. The van der Waals surface area contributed by atoms with E-state index in [1.165, 1.54) is 33.2 Å². The minimum atomic E-state index is -0.197. The number of aromatic amines is 1. The van der Waals surface area contributed by atoms with Crippen molar-refractivity contribution >= 4 is 28.6 Å². The summed E-state index contributed by atoms with van der Waals surface area (Å²) in [7, 11) is 1.80. The average Bonchev–Trinajstić information content (AvgIpc) is 3.21. The molecule has 2 unspecified atom stereocenters. The summed E-state index contributed by atoms with van der Waals surface area (Å²) < 4.78 is 5.70. The number of piperidine rings is 1. The number of methoxy groups -OCH3 is 1. The van der Waals surface area contributed by atoms with Crippen LogP contribution in [0.2, 0.25) is 0 Å². The summed E-state index contributed by atoms with van der Waals surface area (Å²) in [5, 5.41) is 1.11. The van der Waals surface area contributed by atoms with Crippen LogP contribution >= 0.6 is 12.6 Å². The lowest BCUT2D eigenvalue weighted by molar-refractivity contribution is 0.00691. The Labute approximate surface area is 177 Å². The van der Waals surface area contributed by atoms with Crippen molar-refractivity contribution in [2.75, 3.05) is 13.7 Å². The minimum Gasteiger partial charge on any atom is -0.381 e. The van der Waals surface area contributed by atoms with E-state index in [0.29, 0.717) is 5.56 Å². The fraction of sp³-hybridized carbons (Fsp3) is 0.375. The topological polar surface area (TPSA) is 45.3 Å². The van der Waals surface area contributed by atoms with Gasteiger partial charge in [0.15, 0.2) is 0 Å². The van der Waals surface area contributed by atoms with Crippen molar-refractivity contribution < 1.29 is 9.53 Å². The summed E-state index contributed by atoms with van der Waals surface area (Å²) in [5.41, 5.74) is 7.08. The molecule has 1 aromatic heterocycles. The van der Waals surface area contributed by atoms with Crippen LogP contribution in [0.25, 0.3) is 10.9 Å². The lowest BCUT2D eigenvalue weighted by Gasteiger charge is -2.39. The molecule has 4 nitrogen and oxygen atoms in total. The van der Waals surface area contributed by atoms with Crippen molar-refractivity contribution in [1.29, 1.82) is 0 Å². The molecule has 5 heteroatoms. The first-order valence-electron chi connectivity index (χ1n) is 10.1.